The third-order valence-electron chi connectivity index (χ3n) is 5.13. The van der Waals surface area contributed by atoms with Gasteiger partial charge in [0, 0.05) is 33.4 Å². The van der Waals surface area contributed by atoms with Gasteiger partial charge in [0.25, 0.3) is 0 Å². The fourth-order valence-corrected chi connectivity index (χ4v) is 4.40. The highest BCUT2D eigenvalue weighted by atomic mass is 35.5. The Morgan fingerprint density at radius 3 is 2.56 bits per heavy atom. The third kappa shape index (κ3) is 3.69. The largest absolute Gasteiger partial charge is 0.433 e. The Bertz CT molecular complexity index is 1460. The zero-order chi connectivity index (χ0) is 22.2. The van der Waals surface area contributed by atoms with E-state index in [-0.39, 0.29) is 11.5 Å². The normalized spacial score (nSPS) is 11.2. The van der Waals surface area contributed by atoms with Gasteiger partial charge in [-0.2, -0.15) is 0 Å². The van der Waals surface area contributed by atoms with E-state index < -0.39 is 0 Å². The molecule has 5 nitrogen and oxygen atoms in total. The number of halogens is 3. The lowest BCUT2D eigenvalue weighted by atomic mass is 10.1. The number of benzene rings is 2. The Morgan fingerprint density at radius 2 is 1.78 bits per heavy atom. The molecule has 0 N–H and O–H groups in total. The number of carbonyl (C=O) groups is 1. The molecule has 5 aromatic rings. The summed E-state index contributed by atoms with van der Waals surface area (Å²) in [6.07, 6.45) is 4.68. The fourth-order valence-electron chi connectivity index (χ4n) is 3.59. The van der Waals surface area contributed by atoms with Crippen LogP contribution in [0.3, 0.4) is 0 Å². The van der Waals surface area contributed by atoms with E-state index in [1.165, 1.54) is 6.20 Å². The second-order valence-corrected chi connectivity index (χ2v) is 8.30. The number of rotatable bonds is 5. The molecular weight excluding hydrogens is 469 g/mol. The molecule has 0 aliphatic rings. The summed E-state index contributed by atoms with van der Waals surface area (Å²) >= 11 is 19.2. The van der Waals surface area contributed by atoms with E-state index in [4.69, 9.17) is 39.2 Å². The second-order valence-electron chi connectivity index (χ2n) is 7.10. The van der Waals surface area contributed by atoms with Crippen molar-refractivity contribution in [1.29, 1.82) is 0 Å². The maximum Gasteiger partial charge on any atom is 0.233 e. The van der Waals surface area contributed by atoms with Crippen LogP contribution in [0.15, 0.2) is 77.6 Å². The SMILES string of the molecule is O=C(c1cnc(-c2ccncc2)o1)c1c(Cl)n(Cc2ccc(Cl)cc2Cl)c2ccccc12. The van der Waals surface area contributed by atoms with Crippen LogP contribution in [-0.2, 0) is 6.54 Å². The summed E-state index contributed by atoms with van der Waals surface area (Å²) in [5, 5.41) is 2.09. The van der Waals surface area contributed by atoms with Gasteiger partial charge in [0.1, 0.15) is 5.15 Å². The third-order valence-corrected chi connectivity index (χ3v) is 6.11. The van der Waals surface area contributed by atoms with Crippen molar-refractivity contribution in [3.8, 4) is 11.5 Å². The molecule has 32 heavy (non-hydrogen) atoms. The van der Waals surface area contributed by atoms with E-state index in [1.54, 1.807) is 36.7 Å². The van der Waals surface area contributed by atoms with Gasteiger partial charge in [0.05, 0.1) is 23.8 Å². The van der Waals surface area contributed by atoms with Crippen LogP contribution in [0.5, 0.6) is 0 Å². The molecule has 5 rings (SSSR count). The van der Waals surface area contributed by atoms with Crippen molar-refractivity contribution in [2.75, 3.05) is 0 Å². The monoisotopic (exact) mass is 481 g/mol. The van der Waals surface area contributed by atoms with Gasteiger partial charge in [-0.1, -0.05) is 59.1 Å². The molecule has 3 aromatic heterocycles. The van der Waals surface area contributed by atoms with Crippen LogP contribution in [0.4, 0.5) is 0 Å². The lowest BCUT2D eigenvalue weighted by Gasteiger charge is -2.09. The minimum Gasteiger partial charge on any atom is -0.433 e. The molecule has 3 heterocycles. The van der Waals surface area contributed by atoms with E-state index in [0.29, 0.717) is 33.2 Å². The summed E-state index contributed by atoms with van der Waals surface area (Å²) in [7, 11) is 0. The number of ketones is 1. The van der Waals surface area contributed by atoms with Gasteiger partial charge in [0.2, 0.25) is 11.7 Å². The molecule has 2 aromatic carbocycles. The van der Waals surface area contributed by atoms with E-state index in [1.807, 2.05) is 34.9 Å². The summed E-state index contributed by atoms with van der Waals surface area (Å²) in [5.41, 5.74) is 2.72. The highest BCUT2D eigenvalue weighted by Crippen LogP contribution is 2.34. The molecular formula is C24H14Cl3N3O2. The Balaban J connectivity index is 1.58. The summed E-state index contributed by atoms with van der Waals surface area (Å²) in [4.78, 5) is 21.6. The molecule has 0 atom stereocenters. The highest BCUT2D eigenvalue weighted by Gasteiger charge is 2.25. The first-order chi connectivity index (χ1) is 15.5. The van der Waals surface area contributed by atoms with Crippen molar-refractivity contribution < 1.29 is 9.21 Å². The van der Waals surface area contributed by atoms with E-state index in [0.717, 1.165) is 22.0 Å². The van der Waals surface area contributed by atoms with Gasteiger partial charge in [-0.15, -0.1) is 0 Å². The molecule has 158 valence electrons. The first-order valence-electron chi connectivity index (χ1n) is 9.64. The maximum atomic E-state index is 13.4. The quantitative estimate of drug-likeness (QED) is 0.255. The summed E-state index contributed by atoms with van der Waals surface area (Å²) in [5.74, 6) is 0.0923. The molecule has 0 aliphatic carbocycles. The molecule has 0 unspecified atom stereocenters. The molecule has 0 amide bonds. The van der Waals surface area contributed by atoms with Crippen LogP contribution in [0.1, 0.15) is 21.7 Å². The lowest BCUT2D eigenvalue weighted by molar-refractivity contribution is 0.101. The molecule has 8 heteroatoms. The van der Waals surface area contributed by atoms with Crippen molar-refractivity contribution in [2.24, 2.45) is 0 Å². The molecule has 0 aliphatic heterocycles. The molecule has 0 saturated heterocycles. The summed E-state index contributed by atoms with van der Waals surface area (Å²) < 4.78 is 7.60. The van der Waals surface area contributed by atoms with Crippen LogP contribution >= 0.6 is 34.8 Å². The van der Waals surface area contributed by atoms with Crippen molar-refractivity contribution in [3.63, 3.8) is 0 Å². The predicted octanol–water partition coefficient (Wildman–Crippen LogP) is 6.93. The van der Waals surface area contributed by atoms with Crippen molar-refractivity contribution in [3.05, 3.63) is 105 Å². The summed E-state index contributed by atoms with van der Waals surface area (Å²) in [6.45, 7) is 0.376. The minimum absolute atomic E-state index is 0.103. The standard InChI is InChI=1S/C24H14Cl3N3O2/c25-16-6-5-15(18(26)11-16)13-30-19-4-2-1-3-17(19)21(23(30)27)22(31)20-12-29-24(32-20)14-7-9-28-10-8-14/h1-12H,13H2. The Kier molecular flexibility index (Phi) is 5.47. The number of hydrogen-bond acceptors (Lipinski definition) is 4. The Morgan fingerprint density at radius 1 is 1.00 bits per heavy atom. The molecule has 0 radical (unpaired) electrons. The van der Waals surface area contributed by atoms with Crippen LogP contribution in [-0.4, -0.2) is 20.3 Å². The van der Waals surface area contributed by atoms with E-state index >= 15 is 0 Å². The number of pyridine rings is 1. The average Bonchev–Trinajstić information content (AvgIpc) is 3.40. The first kappa shape index (κ1) is 20.8. The van der Waals surface area contributed by atoms with Crippen molar-refractivity contribution in [2.45, 2.75) is 6.54 Å². The van der Waals surface area contributed by atoms with Crippen LogP contribution < -0.4 is 0 Å². The zero-order valence-corrected chi connectivity index (χ0v) is 18.7. The second kappa shape index (κ2) is 8.43. The van der Waals surface area contributed by atoms with Gasteiger partial charge in [-0.05, 0) is 35.9 Å². The van der Waals surface area contributed by atoms with Crippen LogP contribution in [0.2, 0.25) is 15.2 Å². The van der Waals surface area contributed by atoms with Gasteiger partial charge in [-0.25, -0.2) is 4.98 Å². The summed E-state index contributed by atoms with van der Waals surface area (Å²) in [6, 6.07) is 16.3. The lowest BCUT2D eigenvalue weighted by Crippen LogP contribution is -2.03. The Hall–Kier alpha value is -3.12. The van der Waals surface area contributed by atoms with E-state index in [9.17, 15) is 4.79 Å². The number of fused-ring (bicyclic) bond motifs is 1. The molecule has 0 saturated carbocycles. The average molecular weight is 483 g/mol. The van der Waals surface area contributed by atoms with E-state index in [2.05, 4.69) is 9.97 Å². The van der Waals surface area contributed by atoms with Gasteiger partial charge < -0.3 is 8.98 Å². The highest BCUT2D eigenvalue weighted by molar-refractivity contribution is 6.37. The predicted molar refractivity (Wildman–Crippen MR) is 126 cm³/mol. The van der Waals surface area contributed by atoms with Gasteiger partial charge >= 0.3 is 0 Å². The van der Waals surface area contributed by atoms with Crippen molar-refractivity contribution in [1.82, 2.24) is 14.5 Å². The number of aromatic nitrogens is 3. The topological polar surface area (TPSA) is 60.9 Å². The van der Waals surface area contributed by atoms with Gasteiger partial charge in [0.15, 0.2) is 5.76 Å². The number of nitrogens with zero attached hydrogens (tertiary/aromatic N) is 3. The number of oxazole rings is 1. The smallest absolute Gasteiger partial charge is 0.233 e. The van der Waals surface area contributed by atoms with Gasteiger partial charge in [-0.3, -0.25) is 9.78 Å². The minimum atomic E-state index is -0.347. The van der Waals surface area contributed by atoms with Crippen LogP contribution in [0, 0.1) is 0 Å². The number of hydrogen-bond donors (Lipinski definition) is 0. The molecule has 0 spiro atoms. The Labute approximate surface area is 198 Å². The number of carbonyl (C=O) groups excluding carboxylic acids is 1. The maximum absolute atomic E-state index is 13.4. The fraction of sp³-hybridized carbons (Fsp3) is 0.0417. The van der Waals surface area contributed by atoms with Crippen molar-refractivity contribution >= 4 is 51.5 Å². The molecule has 0 bridgehead atoms. The van der Waals surface area contributed by atoms with Crippen LogP contribution in [0.25, 0.3) is 22.4 Å². The first-order valence-corrected chi connectivity index (χ1v) is 10.8. The zero-order valence-electron chi connectivity index (χ0n) is 16.4. The number of para-hydroxylation sites is 1. The molecule has 0 fully saturated rings.